The van der Waals surface area contributed by atoms with Crippen LogP contribution in [-0.2, 0) is 0 Å². The molecule has 0 spiro atoms. The molecule has 0 radical (unpaired) electrons. The van der Waals surface area contributed by atoms with Crippen LogP contribution in [0.1, 0.15) is 0 Å². The van der Waals surface area contributed by atoms with E-state index in [4.69, 9.17) is 0 Å². The van der Waals surface area contributed by atoms with Gasteiger partial charge in [0.2, 0.25) is 0 Å². The zero-order valence-electron chi connectivity index (χ0n) is 41.9. The Morgan fingerprint density at radius 1 is 0.130 bits per heavy atom. The van der Waals surface area contributed by atoms with Crippen molar-refractivity contribution in [1.82, 2.24) is 22.8 Å². The van der Waals surface area contributed by atoms with Gasteiger partial charge in [-0.25, -0.2) is 0 Å². The molecule has 0 N–H and O–H groups in total. The second-order valence-electron chi connectivity index (χ2n) is 20.1. The summed E-state index contributed by atoms with van der Waals surface area (Å²) >= 11 is 0. The maximum atomic E-state index is 2.49. The summed E-state index contributed by atoms with van der Waals surface area (Å²) < 4.78 is 12.3. The Morgan fingerprint density at radius 3 is 0.701 bits per heavy atom. The first-order valence-electron chi connectivity index (χ1n) is 26.4. The van der Waals surface area contributed by atoms with E-state index in [1.165, 1.54) is 32.6 Å². The fourth-order valence-electron chi connectivity index (χ4n) is 12.7. The third-order valence-corrected chi connectivity index (χ3v) is 15.9. The van der Waals surface area contributed by atoms with E-state index in [1.54, 1.807) is 0 Å². The van der Waals surface area contributed by atoms with Crippen molar-refractivity contribution in [1.29, 1.82) is 0 Å². The molecule has 3 aromatic heterocycles. The largest absolute Gasteiger partial charge is 0.309 e. The summed E-state index contributed by atoms with van der Waals surface area (Å²) in [5, 5.41) is 11.8. The number of fused-ring (bicyclic) bond motifs is 15. The predicted molar refractivity (Wildman–Crippen MR) is 325 cm³/mol. The molecule has 0 amide bonds. The van der Waals surface area contributed by atoms with Crippen molar-refractivity contribution in [2.45, 2.75) is 0 Å². The van der Waals surface area contributed by atoms with Crippen molar-refractivity contribution in [3.05, 3.63) is 285 Å². The molecule has 16 rings (SSSR count). The zero-order valence-corrected chi connectivity index (χ0v) is 41.9. The van der Waals surface area contributed by atoms with Crippen molar-refractivity contribution in [2.24, 2.45) is 0 Å². The number of hydrogen-bond donors (Lipinski definition) is 0. The fourth-order valence-corrected chi connectivity index (χ4v) is 12.7. The number of nitrogens with zero attached hydrogens (tertiary/aromatic N) is 5. The Kier molecular flexibility index (Phi) is 9.57. The third-order valence-electron chi connectivity index (χ3n) is 15.9. The lowest BCUT2D eigenvalue weighted by atomic mass is 9.93. The highest BCUT2D eigenvalue weighted by Gasteiger charge is 2.21. The minimum Gasteiger partial charge on any atom is -0.309 e. The Bertz CT molecular complexity index is 5010. The van der Waals surface area contributed by atoms with Gasteiger partial charge in [0, 0.05) is 39.2 Å². The van der Waals surface area contributed by atoms with E-state index in [-0.39, 0.29) is 0 Å². The van der Waals surface area contributed by atoms with E-state index in [0.29, 0.717) is 0 Å². The molecular weight excluding hydrogens is 935 g/mol. The topological polar surface area (TPSA) is 24.6 Å². The average molecular weight is 982 g/mol. The molecule has 3 heterocycles. The van der Waals surface area contributed by atoms with E-state index in [9.17, 15) is 0 Å². The summed E-state index contributed by atoms with van der Waals surface area (Å²) in [4.78, 5) is 0. The van der Waals surface area contributed by atoms with Gasteiger partial charge in [0.25, 0.3) is 0 Å². The predicted octanol–water partition coefficient (Wildman–Crippen LogP) is 18.9. The van der Waals surface area contributed by atoms with Crippen molar-refractivity contribution in [3.8, 4) is 28.4 Å². The maximum absolute atomic E-state index is 2.49. The van der Waals surface area contributed by atoms with Crippen LogP contribution in [0, 0.1) is 0 Å². The summed E-state index contributed by atoms with van der Waals surface area (Å²) in [7, 11) is 0. The molecule has 0 aliphatic carbocycles. The van der Waals surface area contributed by atoms with Crippen LogP contribution in [0.15, 0.2) is 285 Å². The molecule has 0 unspecified atom stereocenters. The van der Waals surface area contributed by atoms with Gasteiger partial charge in [0.15, 0.2) is 0 Å². The summed E-state index contributed by atoms with van der Waals surface area (Å²) in [6.07, 6.45) is 0. The van der Waals surface area contributed by atoms with Crippen LogP contribution in [0.3, 0.4) is 0 Å². The molecule has 360 valence electrons. The van der Waals surface area contributed by atoms with E-state index in [1.807, 2.05) is 0 Å². The fraction of sp³-hybridized carbons (Fsp3) is 0. The Morgan fingerprint density at radius 2 is 0.364 bits per heavy atom. The first kappa shape index (κ1) is 43.1. The summed E-state index contributed by atoms with van der Waals surface area (Å²) in [6, 6.07) is 105. The lowest BCUT2D eigenvalue weighted by Crippen LogP contribution is -2.08. The summed E-state index contributed by atoms with van der Waals surface area (Å²) in [6.45, 7) is 0. The molecule has 0 aliphatic rings. The molecule has 77 heavy (non-hydrogen) atoms. The van der Waals surface area contributed by atoms with Gasteiger partial charge in [0.1, 0.15) is 0 Å². The minimum atomic E-state index is 1.10. The average Bonchev–Trinajstić information content (AvgIpc) is 3.86. The number of aromatic nitrogens is 5. The van der Waals surface area contributed by atoms with Gasteiger partial charge >= 0.3 is 0 Å². The SMILES string of the molecule is c1ccc(-n2c3ccccc3n(-c3ccccc3)c3cc4c5ccc(-n6c7ccccc7c7ccccc76)cc5c5cc6c(cc5c5ccccc5c4cc32)n(-c2ccccc2)c2ccccc2n6-c2ccccc2)cc1. The van der Waals surface area contributed by atoms with Gasteiger partial charge in [-0.1, -0.05) is 164 Å². The second-order valence-corrected chi connectivity index (χ2v) is 20.1. The van der Waals surface area contributed by atoms with Gasteiger partial charge in [-0.2, -0.15) is 0 Å². The Labute approximate surface area is 443 Å². The van der Waals surface area contributed by atoms with E-state index in [0.717, 1.165) is 105 Å². The smallest absolute Gasteiger partial charge is 0.0709 e. The van der Waals surface area contributed by atoms with Gasteiger partial charge in [0.05, 0.1) is 55.2 Å². The lowest BCUT2D eigenvalue weighted by Gasteiger charge is -2.24. The van der Waals surface area contributed by atoms with E-state index < -0.39 is 0 Å². The molecule has 13 aromatic carbocycles. The zero-order chi connectivity index (χ0) is 50.6. The molecule has 5 heteroatoms. The molecular formula is C72H47N5. The molecule has 16 aromatic rings. The van der Waals surface area contributed by atoms with Crippen LogP contribution >= 0.6 is 0 Å². The number of benzene rings is 12. The lowest BCUT2D eigenvalue weighted by molar-refractivity contribution is 1.09. The second kappa shape index (κ2) is 17.1. The van der Waals surface area contributed by atoms with Crippen LogP contribution in [0.25, 0.3) is 137 Å². The molecule has 0 saturated heterocycles. The number of hydrogen-bond acceptors (Lipinski definition) is 0. The molecule has 0 saturated carbocycles. The first-order valence-corrected chi connectivity index (χ1v) is 26.4. The molecule has 5 nitrogen and oxygen atoms in total. The number of para-hydroxylation sites is 10. The van der Waals surface area contributed by atoms with Crippen LogP contribution in [0.2, 0.25) is 0 Å². The maximum Gasteiger partial charge on any atom is 0.0709 e. The molecule has 0 aliphatic heterocycles. The van der Waals surface area contributed by atoms with E-state index >= 15 is 0 Å². The number of rotatable bonds is 5. The summed E-state index contributed by atoms with van der Waals surface area (Å²) in [5.41, 5.74) is 16.7. The van der Waals surface area contributed by atoms with Crippen molar-refractivity contribution >= 4 is 109 Å². The van der Waals surface area contributed by atoms with Crippen molar-refractivity contribution < 1.29 is 0 Å². The normalized spacial score (nSPS) is 11.9. The van der Waals surface area contributed by atoms with Crippen molar-refractivity contribution in [3.63, 3.8) is 0 Å². The summed E-state index contributed by atoms with van der Waals surface area (Å²) in [5.74, 6) is 0. The van der Waals surface area contributed by atoms with Gasteiger partial charge < -0.3 is 22.8 Å². The standard InChI is InChI=1S/C72H47N5/c1-5-23-48(24-6-1)73-65-37-19-20-38-66(65)75(50-27-9-3-10-28-50)71-46-61-55-42-41-52(77-63-35-17-15-33-56(63)57-34-16-18-36-64(57)77)43-58(55)62-47-72-70(45-60(62)54-32-14-13-31-53(54)59(61)44-69(71)73)74(49-25-7-2-8-26-49)67-39-21-22-40-68(67)76(72)51-29-11-4-12-30-51/h1-47H. The highest BCUT2D eigenvalue weighted by Crippen LogP contribution is 2.43. The van der Waals surface area contributed by atoms with Crippen LogP contribution < -0.4 is 0 Å². The molecule has 0 atom stereocenters. The van der Waals surface area contributed by atoms with Crippen LogP contribution in [0.5, 0.6) is 0 Å². The third kappa shape index (κ3) is 6.54. The van der Waals surface area contributed by atoms with Crippen LogP contribution in [-0.4, -0.2) is 22.8 Å². The quantitative estimate of drug-likeness (QED) is 0.154. The Hall–Kier alpha value is -10.4. The Balaban J connectivity index is 1.18. The monoisotopic (exact) mass is 981 g/mol. The van der Waals surface area contributed by atoms with Crippen LogP contribution in [0.4, 0.5) is 0 Å². The van der Waals surface area contributed by atoms with E-state index in [2.05, 4.69) is 308 Å². The van der Waals surface area contributed by atoms with Gasteiger partial charge in [-0.15, -0.1) is 0 Å². The highest BCUT2D eigenvalue weighted by molar-refractivity contribution is 6.29. The molecule has 0 fully saturated rings. The first-order chi connectivity index (χ1) is 38.2. The van der Waals surface area contributed by atoms with Crippen molar-refractivity contribution in [2.75, 3.05) is 0 Å². The minimum absolute atomic E-state index is 1.10. The highest BCUT2D eigenvalue weighted by atomic mass is 15.1. The van der Waals surface area contributed by atoms with Gasteiger partial charge in [-0.3, -0.25) is 0 Å². The molecule has 0 bridgehead atoms. The van der Waals surface area contributed by atoms with Gasteiger partial charge in [-0.05, 0) is 164 Å².